The van der Waals surface area contributed by atoms with E-state index in [4.69, 9.17) is 10.7 Å². The second-order valence-corrected chi connectivity index (χ2v) is 6.24. The van der Waals surface area contributed by atoms with E-state index < -0.39 is 0 Å². The standard InChI is InChI=1S/C15H19N3S/c1-10-3-7-12(8-4-10)18(2)15-17-14(11-5-6-11)13(9-16)19-15/h3-4,7-8,11H,5-6,9,16H2,1-2H3. The first-order valence-electron chi connectivity index (χ1n) is 6.69. The summed E-state index contributed by atoms with van der Waals surface area (Å²) in [6.07, 6.45) is 2.54. The van der Waals surface area contributed by atoms with Crippen molar-refractivity contribution in [3.63, 3.8) is 0 Å². The fourth-order valence-corrected chi connectivity index (χ4v) is 3.20. The fraction of sp³-hybridized carbons (Fsp3) is 0.400. The Kier molecular flexibility index (Phi) is 3.29. The molecule has 0 saturated heterocycles. The number of hydrogen-bond acceptors (Lipinski definition) is 4. The molecule has 2 N–H and O–H groups in total. The van der Waals surface area contributed by atoms with Gasteiger partial charge >= 0.3 is 0 Å². The van der Waals surface area contributed by atoms with Crippen LogP contribution in [0.2, 0.25) is 0 Å². The largest absolute Gasteiger partial charge is 0.326 e. The van der Waals surface area contributed by atoms with Crippen molar-refractivity contribution in [1.82, 2.24) is 4.98 Å². The van der Waals surface area contributed by atoms with Crippen molar-refractivity contribution >= 4 is 22.2 Å². The van der Waals surface area contributed by atoms with Gasteiger partial charge in [0, 0.05) is 30.1 Å². The van der Waals surface area contributed by atoms with E-state index in [0.717, 1.165) is 5.13 Å². The molecule has 0 radical (unpaired) electrons. The summed E-state index contributed by atoms with van der Waals surface area (Å²) in [6.45, 7) is 2.70. The minimum Gasteiger partial charge on any atom is -0.326 e. The van der Waals surface area contributed by atoms with Crippen LogP contribution in [0.1, 0.15) is 34.9 Å². The van der Waals surface area contributed by atoms with Gasteiger partial charge in [0.2, 0.25) is 0 Å². The van der Waals surface area contributed by atoms with E-state index in [0.29, 0.717) is 12.5 Å². The molecule has 1 aromatic carbocycles. The minimum atomic E-state index is 0.602. The Morgan fingerprint density at radius 1 is 1.32 bits per heavy atom. The quantitative estimate of drug-likeness (QED) is 0.926. The molecule has 1 heterocycles. The van der Waals surface area contributed by atoms with Crippen molar-refractivity contribution in [3.05, 3.63) is 40.4 Å². The Bertz CT molecular complexity index is 570. The molecule has 0 aliphatic heterocycles. The lowest BCUT2D eigenvalue weighted by molar-refractivity contribution is 0.972. The lowest BCUT2D eigenvalue weighted by atomic mass is 10.2. The second kappa shape index (κ2) is 4.94. The molecule has 1 fully saturated rings. The summed E-state index contributed by atoms with van der Waals surface area (Å²) in [5, 5.41) is 1.05. The highest BCUT2D eigenvalue weighted by atomic mass is 32.1. The Morgan fingerprint density at radius 2 is 2.00 bits per heavy atom. The maximum Gasteiger partial charge on any atom is 0.190 e. The third kappa shape index (κ3) is 2.51. The van der Waals surface area contributed by atoms with Gasteiger partial charge < -0.3 is 10.6 Å². The summed E-state index contributed by atoms with van der Waals surface area (Å²) in [5.74, 6) is 0.662. The van der Waals surface area contributed by atoms with E-state index in [1.807, 2.05) is 0 Å². The summed E-state index contributed by atoms with van der Waals surface area (Å²) in [4.78, 5) is 8.20. The highest BCUT2D eigenvalue weighted by Gasteiger charge is 2.29. The van der Waals surface area contributed by atoms with E-state index >= 15 is 0 Å². The first kappa shape index (κ1) is 12.6. The van der Waals surface area contributed by atoms with Gasteiger partial charge in [-0.05, 0) is 31.9 Å². The van der Waals surface area contributed by atoms with Gasteiger partial charge in [-0.15, -0.1) is 0 Å². The van der Waals surface area contributed by atoms with E-state index in [2.05, 4.69) is 43.1 Å². The number of hydrogen-bond donors (Lipinski definition) is 1. The van der Waals surface area contributed by atoms with E-state index in [-0.39, 0.29) is 0 Å². The Morgan fingerprint density at radius 3 is 2.58 bits per heavy atom. The molecular formula is C15H19N3S. The molecule has 3 nitrogen and oxygen atoms in total. The van der Waals surface area contributed by atoms with Gasteiger partial charge in [-0.25, -0.2) is 4.98 Å². The molecule has 0 unspecified atom stereocenters. The summed E-state index contributed by atoms with van der Waals surface area (Å²) in [6, 6.07) is 8.53. The molecule has 4 heteroatoms. The van der Waals surface area contributed by atoms with Gasteiger partial charge in [0.25, 0.3) is 0 Å². The van der Waals surface area contributed by atoms with Crippen LogP contribution in [0.4, 0.5) is 10.8 Å². The van der Waals surface area contributed by atoms with Crippen molar-refractivity contribution in [2.75, 3.05) is 11.9 Å². The molecule has 100 valence electrons. The number of anilines is 2. The molecule has 1 aliphatic rings. The zero-order chi connectivity index (χ0) is 13.4. The third-order valence-corrected chi connectivity index (χ3v) is 4.74. The van der Waals surface area contributed by atoms with Crippen molar-refractivity contribution in [1.29, 1.82) is 0 Å². The van der Waals surface area contributed by atoms with Crippen LogP contribution in [-0.2, 0) is 6.54 Å². The van der Waals surface area contributed by atoms with Crippen molar-refractivity contribution in [2.24, 2.45) is 5.73 Å². The zero-order valence-electron chi connectivity index (χ0n) is 11.4. The number of thiazole rings is 1. The van der Waals surface area contributed by atoms with Crippen LogP contribution in [0.25, 0.3) is 0 Å². The number of rotatable bonds is 4. The zero-order valence-corrected chi connectivity index (χ0v) is 12.2. The molecule has 2 aromatic rings. The maximum absolute atomic E-state index is 5.84. The maximum atomic E-state index is 5.84. The number of benzene rings is 1. The second-order valence-electron chi connectivity index (χ2n) is 5.18. The average Bonchev–Trinajstić information content (AvgIpc) is 3.18. The van der Waals surface area contributed by atoms with Crippen LogP contribution in [0.5, 0.6) is 0 Å². The lowest BCUT2D eigenvalue weighted by Crippen LogP contribution is -2.08. The summed E-state index contributed by atoms with van der Waals surface area (Å²) in [7, 11) is 2.07. The van der Waals surface area contributed by atoms with Crippen LogP contribution in [-0.4, -0.2) is 12.0 Å². The smallest absolute Gasteiger partial charge is 0.190 e. The van der Waals surface area contributed by atoms with Crippen LogP contribution >= 0.6 is 11.3 Å². The molecule has 1 aliphatic carbocycles. The molecule has 0 spiro atoms. The third-order valence-electron chi connectivity index (χ3n) is 3.57. The van der Waals surface area contributed by atoms with Crippen molar-refractivity contribution < 1.29 is 0 Å². The van der Waals surface area contributed by atoms with E-state index in [1.54, 1.807) is 11.3 Å². The molecule has 0 amide bonds. The minimum absolute atomic E-state index is 0.602. The Hall–Kier alpha value is -1.39. The molecule has 19 heavy (non-hydrogen) atoms. The van der Waals surface area contributed by atoms with Crippen molar-refractivity contribution in [2.45, 2.75) is 32.2 Å². The summed E-state index contributed by atoms with van der Waals surface area (Å²) in [5.41, 5.74) is 9.52. The Labute approximate surface area is 118 Å². The van der Waals surface area contributed by atoms with Gasteiger partial charge in [0.05, 0.1) is 5.69 Å². The molecule has 0 bridgehead atoms. The van der Waals surface area contributed by atoms with Gasteiger partial charge in [0.1, 0.15) is 0 Å². The summed E-state index contributed by atoms with van der Waals surface area (Å²) < 4.78 is 0. The van der Waals surface area contributed by atoms with Crippen LogP contribution in [0.3, 0.4) is 0 Å². The first-order valence-corrected chi connectivity index (χ1v) is 7.50. The number of aryl methyl sites for hydroxylation is 1. The molecule has 1 aromatic heterocycles. The predicted molar refractivity (Wildman–Crippen MR) is 81.2 cm³/mol. The predicted octanol–water partition coefficient (Wildman–Crippen LogP) is 3.56. The number of nitrogens with zero attached hydrogens (tertiary/aromatic N) is 2. The summed E-state index contributed by atoms with van der Waals surface area (Å²) >= 11 is 1.72. The number of nitrogens with two attached hydrogens (primary N) is 1. The van der Waals surface area contributed by atoms with Crippen LogP contribution < -0.4 is 10.6 Å². The molecule has 3 rings (SSSR count). The van der Waals surface area contributed by atoms with Crippen LogP contribution in [0.15, 0.2) is 24.3 Å². The Balaban J connectivity index is 1.90. The van der Waals surface area contributed by atoms with Gasteiger partial charge in [-0.3, -0.25) is 0 Å². The van der Waals surface area contributed by atoms with Crippen molar-refractivity contribution in [3.8, 4) is 0 Å². The fourth-order valence-electron chi connectivity index (χ4n) is 2.19. The average molecular weight is 273 g/mol. The number of aromatic nitrogens is 1. The first-order chi connectivity index (χ1) is 9.19. The molecular weight excluding hydrogens is 254 g/mol. The highest BCUT2D eigenvalue weighted by Crippen LogP contribution is 2.44. The topological polar surface area (TPSA) is 42.2 Å². The molecule has 0 atom stereocenters. The highest BCUT2D eigenvalue weighted by molar-refractivity contribution is 7.15. The van der Waals surface area contributed by atoms with E-state index in [1.165, 1.54) is 34.7 Å². The van der Waals surface area contributed by atoms with Gasteiger partial charge in [-0.2, -0.15) is 0 Å². The molecule has 1 saturated carbocycles. The van der Waals surface area contributed by atoms with Crippen LogP contribution in [0, 0.1) is 6.92 Å². The van der Waals surface area contributed by atoms with Gasteiger partial charge in [-0.1, -0.05) is 29.0 Å². The monoisotopic (exact) mass is 273 g/mol. The normalized spacial score (nSPS) is 14.7. The van der Waals surface area contributed by atoms with Gasteiger partial charge in [0.15, 0.2) is 5.13 Å². The lowest BCUT2D eigenvalue weighted by Gasteiger charge is -2.15. The SMILES string of the molecule is Cc1ccc(N(C)c2nc(C3CC3)c(CN)s2)cc1. The van der Waals surface area contributed by atoms with E-state index in [9.17, 15) is 0 Å².